The van der Waals surface area contributed by atoms with Crippen LogP contribution in [0.5, 0.6) is 0 Å². The average Bonchev–Trinajstić information content (AvgIpc) is 2.33. The highest BCUT2D eigenvalue weighted by molar-refractivity contribution is 9.10. The molecule has 0 N–H and O–H groups in total. The lowest BCUT2D eigenvalue weighted by molar-refractivity contribution is 1.50. The fraction of sp³-hybridized carbons (Fsp3) is 0. The lowest BCUT2D eigenvalue weighted by Gasteiger charge is -1.99. The first-order chi connectivity index (χ1) is 5.27. The van der Waals surface area contributed by atoms with Crippen molar-refractivity contribution in [1.29, 1.82) is 0 Å². The summed E-state index contributed by atoms with van der Waals surface area (Å²) in [5, 5.41) is 0.710. The van der Waals surface area contributed by atoms with E-state index in [4.69, 9.17) is 11.6 Å². The summed E-state index contributed by atoms with van der Waals surface area (Å²) in [6, 6.07) is 5.85. The Morgan fingerprint density at radius 3 is 3.00 bits per heavy atom. The van der Waals surface area contributed by atoms with Gasteiger partial charge < -0.3 is 0 Å². The molecule has 1 heterocycles. The van der Waals surface area contributed by atoms with Crippen molar-refractivity contribution in [2.45, 2.75) is 0 Å². The largest absolute Gasteiger partial charge is 0.259 e. The molecule has 0 spiro atoms. The molecule has 1 aliphatic rings. The number of hydrogen-bond donors (Lipinski definition) is 0. The average molecular weight is 229 g/mol. The fourth-order valence-electron chi connectivity index (χ4n) is 1.01. The Kier molecular flexibility index (Phi) is 1.74. The van der Waals surface area contributed by atoms with Gasteiger partial charge in [-0.25, -0.2) is 0 Å². The monoisotopic (exact) mass is 228 g/mol. The van der Waals surface area contributed by atoms with Crippen molar-refractivity contribution >= 4 is 39.4 Å². The topological polar surface area (TPSA) is 12.4 Å². The van der Waals surface area contributed by atoms with E-state index in [9.17, 15) is 0 Å². The predicted molar refractivity (Wildman–Crippen MR) is 50.5 cm³/mol. The first-order valence-corrected chi connectivity index (χ1v) is 4.31. The van der Waals surface area contributed by atoms with Crippen molar-refractivity contribution in [3.05, 3.63) is 33.6 Å². The third-order valence-electron chi connectivity index (χ3n) is 1.53. The van der Waals surface area contributed by atoms with Crippen LogP contribution >= 0.6 is 27.5 Å². The van der Waals surface area contributed by atoms with Gasteiger partial charge in [-0.1, -0.05) is 15.9 Å². The molecule has 0 aliphatic carbocycles. The number of aliphatic imine (C=N–C) groups is 1. The van der Waals surface area contributed by atoms with Gasteiger partial charge in [0.25, 0.3) is 0 Å². The zero-order valence-electron chi connectivity index (χ0n) is 5.51. The number of hydrogen-bond acceptors (Lipinski definition) is 1. The molecule has 0 saturated carbocycles. The molecule has 1 aromatic carbocycles. The molecule has 2 rings (SSSR count). The maximum absolute atomic E-state index is 5.86. The SMILES string of the molecule is Cl[C]1C=Nc2ccc(Br)cc21. The van der Waals surface area contributed by atoms with E-state index in [0.29, 0.717) is 5.38 Å². The van der Waals surface area contributed by atoms with Gasteiger partial charge in [0.05, 0.1) is 5.69 Å². The predicted octanol–water partition coefficient (Wildman–Crippen LogP) is 3.28. The molecule has 1 aliphatic heterocycles. The minimum absolute atomic E-state index is 0.710. The van der Waals surface area contributed by atoms with Crippen LogP contribution < -0.4 is 0 Å². The van der Waals surface area contributed by atoms with Gasteiger partial charge in [-0.15, -0.1) is 11.6 Å². The highest BCUT2D eigenvalue weighted by Gasteiger charge is 2.16. The van der Waals surface area contributed by atoms with Gasteiger partial charge in [0, 0.05) is 16.3 Å². The molecule has 0 bridgehead atoms. The van der Waals surface area contributed by atoms with E-state index < -0.39 is 0 Å². The number of nitrogens with zero attached hydrogens (tertiary/aromatic N) is 1. The summed E-state index contributed by atoms with van der Waals surface area (Å²) in [4.78, 5) is 4.11. The maximum atomic E-state index is 5.86. The second-order valence-corrected chi connectivity index (χ2v) is 3.59. The maximum Gasteiger partial charge on any atom is 0.135 e. The summed E-state index contributed by atoms with van der Waals surface area (Å²) < 4.78 is 1.03. The molecule has 0 fully saturated rings. The van der Waals surface area contributed by atoms with Crippen LogP contribution in [0.4, 0.5) is 5.69 Å². The molecule has 0 atom stereocenters. The van der Waals surface area contributed by atoms with Crippen LogP contribution in [0.3, 0.4) is 0 Å². The van der Waals surface area contributed by atoms with Crippen LogP contribution in [0.25, 0.3) is 0 Å². The summed E-state index contributed by atoms with van der Waals surface area (Å²) in [5.41, 5.74) is 1.94. The van der Waals surface area contributed by atoms with Crippen LogP contribution in [-0.2, 0) is 0 Å². The van der Waals surface area contributed by atoms with E-state index in [1.807, 2.05) is 18.2 Å². The standard InChI is InChI=1S/C8H4BrClN/c9-5-1-2-8-6(3-5)7(10)4-11-8/h1-4H. The molecular weight excluding hydrogens is 225 g/mol. The number of fused-ring (bicyclic) bond motifs is 1. The summed E-state index contributed by atoms with van der Waals surface area (Å²) >= 11 is 9.23. The second-order valence-electron chi connectivity index (χ2n) is 2.27. The Morgan fingerprint density at radius 1 is 1.36 bits per heavy atom. The Labute approximate surface area is 78.2 Å². The molecule has 0 saturated heterocycles. The van der Waals surface area contributed by atoms with Crippen molar-refractivity contribution < 1.29 is 0 Å². The Balaban J connectivity index is 2.58. The van der Waals surface area contributed by atoms with Gasteiger partial charge in [-0.2, -0.15) is 0 Å². The van der Waals surface area contributed by atoms with E-state index in [1.165, 1.54) is 0 Å². The highest BCUT2D eigenvalue weighted by Crippen LogP contribution is 2.35. The molecule has 55 valence electrons. The molecule has 0 aromatic heterocycles. The summed E-state index contributed by atoms with van der Waals surface area (Å²) in [6.07, 6.45) is 1.67. The van der Waals surface area contributed by atoms with Gasteiger partial charge in [0.1, 0.15) is 5.38 Å². The summed E-state index contributed by atoms with van der Waals surface area (Å²) in [6.45, 7) is 0. The van der Waals surface area contributed by atoms with Crippen LogP contribution in [0, 0.1) is 5.38 Å². The van der Waals surface area contributed by atoms with Crippen molar-refractivity contribution in [2.24, 2.45) is 4.99 Å². The molecule has 1 radical (unpaired) electrons. The number of benzene rings is 1. The number of halogens is 2. The Morgan fingerprint density at radius 2 is 2.18 bits per heavy atom. The highest BCUT2D eigenvalue weighted by atomic mass is 79.9. The first kappa shape index (κ1) is 7.32. The molecule has 1 aromatic rings. The van der Waals surface area contributed by atoms with Crippen molar-refractivity contribution in [3.63, 3.8) is 0 Å². The Bertz CT molecular complexity index is 322. The minimum Gasteiger partial charge on any atom is -0.259 e. The first-order valence-electron chi connectivity index (χ1n) is 3.14. The van der Waals surface area contributed by atoms with E-state index in [1.54, 1.807) is 6.21 Å². The second kappa shape index (κ2) is 2.61. The van der Waals surface area contributed by atoms with Crippen molar-refractivity contribution in [2.75, 3.05) is 0 Å². The Hall–Kier alpha value is -0.340. The third-order valence-corrected chi connectivity index (χ3v) is 2.33. The molecule has 11 heavy (non-hydrogen) atoms. The molecular formula is C8H4BrClN. The zero-order valence-corrected chi connectivity index (χ0v) is 7.85. The van der Waals surface area contributed by atoms with Gasteiger partial charge in [0.2, 0.25) is 0 Å². The quantitative estimate of drug-likeness (QED) is 0.647. The van der Waals surface area contributed by atoms with E-state index in [2.05, 4.69) is 20.9 Å². The smallest absolute Gasteiger partial charge is 0.135 e. The lowest BCUT2D eigenvalue weighted by Crippen LogP contribution is -1.84. The van der Waals surface area contributed by atoms with Crippen molar-refractivity contribution in [1.82, 2.24) is 0 Å². The van der Waals surface area contributed by atoms with Crippen LogP contribution in [0.15, 0.2) is 27.7 Å². The molecule has 0 unspecified atom stereocenters. The third kappa shape index (κ3) is 1.21. The number of rotatable bonds is 0. The normalized spacial score (nSPS) is 15.5. The van der Waals surface area contributed by atoms with Gasteiger partial charge in [-0.05, 0) is 18.2 Å². The molecule has 0 amide bonds. The van der Waals surface area contributed by atoms with Gasteiger partial charge >= 0.3 is 0 Å². The van der Waals surface area contributed by atoms with Crippen LogP contribution in [0.1, 0.15) is 5.56 Å². The van der Waals surface area contributed by atoms with Gasteiger partial charge in [-0.3, -0.25) is 4.99 Å². The van der Waals surface area contributed by atoms with Crippen LogP contribution in [0.2, 0.25) is 0 Å². The van der Waals surface area contributed by atoms with Crippen molar-refractivity contribution in [3.8, 4) is 0 Å². The fourth-order valence-corrected chi connectivity index (χ4v) is 1.57. The van der Waals surface area contributed by atoms with Crippen LogP contribution in [-0.4, -0.2) is 6.21 Å². The van der Waals surface area contributed by atoms with Gasteiger partial charge in [0.15, 0.2) is 0 Å². The zero-order chi connectivity index (χ0) is 7.84. The van der Waals surface area contributed by atoms with E-state index in [-0.39, 0.29) is 0 Å². The van der Waals surface area contributed by atoms with E-state index >= 15 is 0 Å². The molecule has 1 nitrogen and oxygen atoms in total. The summed E-state index contributed by atoms with van der Waals surface area (Å²) in [5.74, 6) is 0. The lowest BCUT2D eigenvalue weighted by atomic mass is 10.1. The summed E-state index contributed by atoms with van der Waals surface area (Å²) in [7, 11) is 0. The van der Waals surface area contributed by atoms with E-state index in [0.717, 1.165) is 15.7 Å². The minimum atomic E-state index is 0.710. The molecule has 3 heteroatoms.